The van der Waals surface area contributed by atoms with E-state index in [0.717, 1.165) is 25.1 Å². The summed E-state index contributed by atoms with van der Waals surface area (Å²) < 4.78 is 5.75. The van der Waals surface area contributed by atoms with Crippen molar-refractivity contribution in [3.05, 3.63) is 42.1 Å². The number of hydrogen-bond donors (Lipinski definition) is 1. The summed E-state index contributed by atoms with van der Waals surface area (Å²) in [6, 6.07) is 11.1. The average molecular weight is 270 g/mol. The van der Waals surface area contributed by atoms with Crippen molar-refractivity contribution in [1.29, 1.82) is 0 Å². The van der Waals surface area contributed by atoms with E-state index in [1.165, 1.54) is 10.9 Å². The number of fused-ring (bicyclic) bond motifs is 1. The van der Waals surface area contributed by atoms with Crippen LogP contribution in [0.2, 0.25) is 0 Å². The number of nitrogens with zero attached hydrogens (tertiary/aromatic N) is 1. The second-order valence-electron chi connectivity index (χ2n) is 5.63. The van der Waals surface area contributed by atoms with Gasteiger partial charge in [0.25, 0.3) is 0 Å². The molecule has 1 aliphatic rings. The van der Waals surface area contributed by atoms with Gasteiger partial charge < -0.3 is 10.1 Å². The van der Waals surface area contributed by atoms with Crippen molar-refractivity contribution in [2.45, 2.75) is 32.4 Å². The van der Waals surface area contributed by atoms with Crippen molar-refractivity contribution in [3.8, 4) is 0 Å². The molecule has 20 heavy (non-hydrogen) atoms. The van der Waals surface area contributed by atoms with E-state index in [1.807, 2.05) is 12.3 Å². The Morgan fingerprint density at radius 2 is 2.30 bits per heavy atom. The van der Waals surface area contributed by atoms with Crippen LogP contribution < -0.4 is 5.32 Å². The molecule has 2 aromatic rings. The van der Waals surface area contributed by atoms with Gasteiger partial charge in [0.1, 0.15) is 0 Å². The molecule has 3 rings (SSSR count). The summed E-state index contributed by atoms with van der Waals surface area (Å²) in [5.41, 5.74) is 2.40. The number of aromatic nitrogens is 1. The molecular weight excluding hydrogens is 248 g/mol. The largest absolute Gasteiger partial charge is 0.378 e. The highest BCUT2D eigenvalue weighted by molar-refractivity contribution is 5.79. The van der Waals surface area contributed by atoms with Gasteiger partial charge in [-0.25, -0.2) is 0 Å². The zero-order valence-electron chi connectivity index (χ0n) is 12.2. The van der Waals surface area contributed by atoms with E-state index in [9.17, 15) is 0 Å². The number of benzene rings is 1. The van der Waals surface area contributed by atoms with Crippen LogP contribution in [0.15, 0.2) is 36.5 Å². The first kappa shape index (κ1) is 13.5. The molecule has 0 aliphatic carbocycles. The summed E-state index contributed by atoms with van der Waals surface area (Å²) in [7, 11) is 0. The molecule has 106 valence electrons. The van der Waals surface area contributed by atoms with Crippen LogP contribution in [-0.2, 0) is 4.74 Å². The molecule has 1 aromatic heterocycles. The minimum atomic E-state index is 0.370. The monoisotopic (exact) mass is 270 g/mol. The van der Waals surface area contributed by atoms with Gasteiger partial charge >= 0.3 is 0 Å². The standard InChI is InChI=1S/C17H22N2O/c1-3-18-17(15-9-12(2)20-11-15)14-6-7-16-13(10-14)5-4-8-19-16/h4-8,10,12,15,17-18H,3,9,11H2,1-2H3. The SMILES string of the molecule is CCNC(c1ccc2ncccc2c1)C1COC(C)C1. The van der Waals surface area contributed by atoms with Gasteiger partial charge in [0.2, 0.25) is 0 Å². The topological polar surface area (TPSA) is 34.2 Å². The molecule has 3 unspecified atom stereocenters. The molecule has 1 fully saturated rings. The summed E-state index contributed by atoms with van der Waals surface area (Å²) in [5, 5.41) is 4.83. The van der Waals surface area contributed by atoms with Crippen molar-refractivity contribution in [3.63, 3.8) is 0 Å². The lowest BCUT2D eigenvalue weighted by molar-refractivity contribution is 0.117. The fourth-order valence-electron chi connectivity index (χ4n) is 3.15. The van der Waals surface area contributed by atoms with Gasteiger partial charge in [-0.2, -0.15) is 0 Å². The van der Waals surface area contributed by atoms with Crippen LogP contribution in [0.3, 0.4) is 0 Å². The highest BCUT2D eigenvalue weighted by Crippen LogP contribution is 2.32. The van der Waals surface area contributed by atoms with Crippen LogP contribution in [0.5, 0.6) is 0 Å². The van der Waals surface area contributed by atoms with Gasteiger partial charge in [0.05, 0.1) is 18.2 Å². The van der Waals surface area contributed by atoms with E-state index < -0.39 is 0 Å². The zero-order chi connectivity index (χ0) is 13.9. The minimum Gasteiger partial charge on any atom is -0.378 e. The van der Waals surface area contributed by atoms with Crippen LogP contribution in [0, 0.1) is 5.92 Å². The summed E-state index contributed by atoms with van der Waals surface area (Å²) in [5.74, 6) is 0.555. The predicted octanol–water partition coefficient (Wildman–Crippen LogP) is 3.31. The minimum absolute atomic E-state index is 0.370. The Hall–Kier alpha value is -1.45. The predicted molar refractivity (Wildman–Crippen MR) is 81.7 cm³/mol. The molecule has 1 aliphatic heterocycles. The van der Waals surface area contributed by atoms with Crippen LogP contribution in [-0.4, -0.2) is 24.2 Å². The lowest BCUT2D eigenvalue weighted by Gasteiger charge is -2.24. The van der Waals surface area contributed by atoms with Crippen LogP contribution in [0.25, 0.3) is 10.9 Å². The number of nitrogens with one attached hydrogen (secondary N) is 1. The number of hydrogen-bond acceptors (Lipinski definition) is 3. The molecule has 0 radical (unpaired) electrons. The normalized spacial score (nSPS) is 24.1. The van der Waals surface area contributed by atoms with Gasteiger partial charge in [-0.15, -0.1) is 0 Å². The number of rotatable bonds is 4. The first-order chi connectivity index (χ1) is 9.78. The van der Waals surface area contributed by atoms with Crippen molar-refractivity contribution in [1.82, 2.24) is 10.3 Å². The molecule has 1 saturated heterocycles. The summed E-state index contributed by atoms with van der Waals surface area (Å²) in [6.45, 7) is 6.15. The smallest absolute Gasteiger partial charge is 0.0702 e. The van der Waals surface area contributed by atoms with E-state index in [-0.39, 0.29) is 0 Å². The number of ether oxygens (including phenoxy) is 1. The van der Waals surface area contributed by atoms with Crippen molar-refractivity contribution < 1.29 is 4.74 Å². The Labute approximate surface area is 120 Å². The van der Waals surface area contributed by atoms with Gasteiger partial charge in [-0.1, -0.05) is 19.1 Å². The quantitative estimate of drug-likeness (QED) is 0.925. The Kier molecular flexibility index (Phi) is 3.99. The van der Waals surface area contributed by atoms with Gasteiger partial charge in [0.15, 0.2) is 0 Å². The first-order valence-corrected chi connectivity index (χ1v) is 7.47. The Morgan fingerprint density at radius 1 is 1.40 bits per heavy atom. The third-order valence-electron chi connectivity index (χ3n) is 4.11. The molecule has 1 aromatic carbocycles. The number of pyridine rings is 1. The van der Waals surface area contributed by atoms with E-state index in [4.69, 9.17) is 4.74 Å². The van der Waals surface area contributed by atoms with Crippen molar-refractivity contribution in [2.24, 2.45) is 5.92 Å². The average Bonchev–Trinajstić information content (AvgIpc) is 2.90. The summed E-state index contributed by atoms with van der Waals surface area (Å²) in [4.78, 5) is 4.39. The van der Waals surface area contributed by atoms with Crippen LogP contribution >= 0.6 is 0 Å². The fourth-order valence-corrected chi connectivity index (χ4v) is 3.15. The second-order valence-corrected chi connectivity index (χ2v) is 5.63. The van der Waals surface area contributed by atoms with Gasteiger partial charge in [-0.3, -0.25) is 4.98 Å². The van der Waals surface area contributed by atoms with E-state index >= 15 is 0 Å². The zero-order valence-corrected chi connectivity index (χ0v) is 12.2. The first-order valence-electron chi connectivity index (χ1n) is 7.47. The molecule has 3 nitrogen and oxygen atoms in total. The van der Waals surface area contributed by atoms with Crippen LogP contribution in [0.4, 0.5) is 0 Å². The lowest BCUT2D eigenvalue weighted by atomic mass is 9.90. The maximum absolute atomic E-state index is 5.75. The molecule has 0 spiro atoms. The second kappa shape index (κ2) is 5.90. The molecule has 0 bridgehead atoms. The Bertz CT molecular complexity index is 584. The van der Waals surface area contributed by atoms with E-state index in [0.29, 0.717) is 18.1 Å². The Morgan fingerprint density at radius 3 is 3.05 bits per heavy atom. The summed E-state index contributed by atoms with van der Waals surface area (Å²) >= 11 is 0. The molecule has 2 heterocycles. The molecular formula is C17H22N2O. The molecule has 3 heteroatoms. The van der Waals surface area contributed by atoms with Gasteiger partial charge in [-0.05, 0) is 43.7 Å². The highest BCUT2D eigenvalue weighted by Gasteiger charge is 2.30. The lowest BCUT2D eigenvalue weighted by Crippen LogP contribution is -2.28. The van der Waals surface area contributed by atoms with Crippen molar-refractivity contribution in [2.75, 3.05) is 13.2 Å². The molecule has 0 amide bonds. The maximum atomic E-state index is 5.75. The highest BCUT2D eigenvalue weighted by atomic mass is 16.5. The molecule has 1 N–H and O–H groups in total. The fraction of sp³-hybridized carbons (Fsp3) is 0.471. The Balaban J connectivity index is 1.92. The van der Waals surface area contributed by atoms with E-state index in [2.05, 4.69) is 48.4 Å². The van der Waals surface area contributed by atoms with Crippen molar-refractivity contribution >= 4 is 10.9 Å². The van der Waals surface area contributed by atoms with Gasteiger partial charge in [0, 0.05) is 23.5 Å². The third kappa shape index (κ3) is 2.69. The van der Waals surface area contributed by atoms with Crippen LogP contribution in [0.1, 0.15) is 31.9 Å². The maximum Gasteiger partial charge on any atom is 0.0702 e. The molecule has 0 saturated carbocycles. The summed E-state index contributed by atoms with van der Waals surface area (Å²) in [6.07, 6.45) is 3.35. The van der Waals surface area contributed by atoms with E-state index in [1.54, 1.807) is 0 Å². The molecule has 3 atom stereocenters. The third-order valence-corrected chi connectivity index (χ3v) is 4.11.